The van der Waals surface area contributed by atoms with Crippen molar-refractivity contribution in [3.05, 3.63) is 35.9 Å². The van der Waals surface area contributed by atoms with Gasteiger partial charge < -0.3 is 10.6 Å². The van der Waals surface area contributed by atoms with Crippen molar-refractivity contribution in [2.75, 3.05) is 6.54 Å². The Morgan fingerprint density at radius 1 is 1.16 bits per heavy atom. The second-order valence-corrected chi connectivity index (χ2v) is 6.81. The Balaban J connectivity index is 2.09. The van der Waals surface area contributed by atoms with Gasteiger partial charge in [0.05, 0.1) is 6.04 Å². The molecule has 4 amide bonds. The van der Waals surface area contributed by atoms with Crippen LogP contribution in [-0.4, -0.2) is 34.8 Å². The van der Waals surface area contributed by atoms with Gasteiger partial charge in [-0.2, -0.15) is 0 Å². The third-order valence-electron chi connectivity index (χ3n) is 4.90. The quantitative estimate of drug-likeness (QED) is 0.746. The summed E-state index contributed by atoms with van der Waals surface area (Å²) < 4.78 is 0. The Labute approximate surface area is 149 Å². The van der Waals surface area contributed by atoms with Crippen LogP contribution < -0.4 is 10.6 Å². The fourth-order valence-corrected chi connectivity index (χ4v) is 3.21. The van der Waals surface area contributed by atoms with Gasteiger partial charge in [0.2, 0.25) is 5.91 Å². The van der Waals surface area contributed by atoms with Gasteiger partial charge in [-0.15, -0.1) is 0 Å². The highest BCUT2D eigenvalue weighted by Crippen LogP contribution is 2.25. The minimum absolute atomic E-state index is 0.170. The lowest BCUT2D eigenvalue weighted by Gasteiger charge is -2.25. The van der Waals surface area contributed by atoms with Gasteiger partial charge in [0.15, 0.2) is 0 Å². The monoisotopic (exact) mass is 345 g/mol. The van der Waals surface area contributed by atoms with Crippen molar-refractivity contribution in [1.29, 1.82) is 0 Å². The standard InChI is InChI=1S/C19H27N3O3/c1-5-19(6-2)17(24)22(18(25)21-19)12-15(23)20-16(13(3)4)14-10-8-7-9-11-14/h7-11,13,16H,5-6,12H2,1-4H3,(H,20,23)(H,21,25). The van der Waals surface area contributed by atoms with Crippen molar-refractivity contribution in [1.82, 2.24) is 15.5 Å². The van der Waals surface area contributed by atoms with Gasteiger partial charge in [-0.25, -0.2) is 4.79 Å². The summed E-state index contributed by atoms with van der Waals surface area (Å²) in [5, 5.41) is 5.69. The molecule has 1 aromatic carbocycles. The van der Waals surface area contributed by atoms with Gasteiger partial charge in [0, 0.05) is 0 Å². The Kier molecular flexibility index (Phi) is 5.82. The Hall–Kier alpha value is -2.37. The average Bonchev–Trinajstić information content (AvgIpc) is 2.84. The number of hydrogen-bond acceptors (Lipinski definition) is 3. The zero-order chi connectivity index (χ0) is 18.6. The molecule has 1 unspecified atom stereocenters. The van der Waals surface area contributed by atoms with Crippen molar-refractivity contribution >= 4 is 17.8 Å². The van der Waals surface area contributed by atoms with Crippen LogP contribution in [0.25, 0.3) is 0 Å². The number of carbonyl (C=O) groups is 3. The molecule has 1 saturated heterocycles. The molecule has 1 heterocycles. The van der Waals surface area contributed by atoms with Crippen molar-refractivity contribution in [3.63, 3.8) is 0 Å². The highest BCUT2D eigenvalue weighted by atomic mass is 16.2. The molecule has 0 aliphatic carbocycles. The largest absolute Gasteiger partial charge is 0.347 e. The van der Waals surface area contributed by atoms with E-state index in [2.05, 4.69) is 10.6 Å². The zero-order valence-corrected chi connectivity index (χ0v) is 15.3. The van der Waals surface area contributed by atoms with Crippen molar-refractivity contribution in [3.8, 4) is 0 Å². The molecular weight excluding hydrogens is 318 g/mol. The van der Waals surface area contributed by atoms with Gasteiger partial charge in [-0.3, -0.25) is 14.5 Å². The second kappa shape index (κ2) is 7.68. The molecular formula is C19H27N3O3. The van der Waals surface area contributed by atoms with Crippen LogP contribution in [-0.2, 0) is 9.59 Å². The molecule has 1 aliphatic rings. The summed E-state index contributed by atoms with van der Waals surface area (Å²) >= 11 is 0. The maximum atomic E-state index is 12.6. The van der Waals surface area contributed by atoms with E-state index in [9.17, 15) is 14.4 Å². The molecule has 0 aromatic heterocycles. The lowest BCUT2D eigenvalue weighted by molar-refractivity contribution is -0.135. The van der Waals surface area contributed by atoms with Crippen molar-refractivity contribution in [2.24, 2.45) is 5.92 Å². The molecule has 0 spiro atoms. The first-order valence-electron chi connectivity index (χ1n) is 8.83. The normalized spacial score (nSPS) is 17.6. The van der Waals surface area contributed by atoms with Gasteiger partial charge in [0.1, 0.15) is 12.1 Å². The van der Waals surface area contributed by atoms with Crippen molar-refractivity contribution < 1.29 is 14.4 Å². The van der Waals surface area contributed by atoms with Crippen LogP contribution in [0.2, 0.25) is 0 Å². The molecule has 2 rings (SSSR count). The Morgan fingerprint density at radius 3 is 2.24 bits per heavy atom. The summed E-state index contributed by atoms with van der Waals surface area (Å²) in [5.41, 5.74) is 0.119. The van der Waals surface area contributed by atoms with Crippen LogP contribution in [0.3, 0.4) is 0 Å². The molecule has 25 heavy (non-hydrogen) atoms. The first-order valence-corrected chi connectivity index (χ1v) is 8.83. The fourth-order valence-electron chi connectivity index (χ4n) is 3.21. The first kappa shape index (κ1) is 19.0. The number of nitrogens with zero attached hydrogens (tertiary/aromatic N) is 1. The molecule has 6 nitrogen and oxygen atoms in total. The summed E-state index contributed by atoms with van der Waals surface area (Å²) in [4.78, 5) is 38.2. The Morgan fingerprint density at radius 2 is 1.76 bits per heavy atom. The number of benzene rings is 1. The molecule has 0 saturated carbocycles. The van der Waals surface area contributed by atoms with E-state index < -0.39 is 11.6 Å². The SMILES string of the molecule is CCC1(CC)NC(=O)N(CC(=O)NC(c2ccccc2)C(C)C)C1=O. The van der Waals surface area contributed by atoms with Gasteiger partial charge in [-0.1, -0.05) is 58.0 Å². The third-order valence-corrected chi connectivity index (χ3v) is 4.90. The van der Waals surface area contributed by atoms with Gasteiger partial charge >= 0.3 is 6.03 Å². The zero-order valence-electron chi connectivity index (χ0n) is 15.3. The topological polar surface area (TPSA) is 78.5 Å². The lowest BCUT2D eigenvalue weighted by atomic mass is 9.93. The molecule has 1 fully saturated rings. The van der Waals surface area contributed by atoms with E-state index in [0.29, 0.717) is 12.8 Å². The number of hydrogen-bond donors (Lipinski definition) is 2. The summed E-state index contributed by atoms with van der Waals surface area (Å²) in [6.45, 7) is 7.49. The number of rotatable bonds is 7. The number of urea groups is 1. The number of carbonyl (C=O) groups excluding carboxylic acids is 3. The molecule has 1 aliphatic heterocycles. The molecule has 136 valence electrons. The van der Waals surface area contributed by atoms with E-state index in [4.69, 9.17) is 0 Å². The van der Waals surface area contributed by atoms with Crippen LogP contribution in [0.5, 0.6) is 0 Å². The predicted molar refractivity (Wildman–Crippen MR) is 95.7 cm³/mol. The fraction of sp³-hybridized carbons (Fsp3) is 0.526. The van der Waals surface area contributed by atoms with Crippen LogP contribution in [0.15, 0.2) is 30.3 Å². The highest BCUT2D eigenvalue weighted by Gasteiger charge is 2.49. The molecule has 0 bridgehead atoms. The number of nitrogens with one attached hydrogen (secondary N) is 2. The number of amides is 4. The van der Waals surface area contributed by atoms with E-state index in [0.717, 1.165) is 10.5 Å². The van der Waals surface area contributed by atoms with E-state index in [1.54, 1.807) is 0 Å². The maximum Gasteiger partial charge on any atom is 0.325 e. The molecule has 0 radical (unpaired) electrons. The van der Waals surface area contributed by atoms with Crippen LogP contribution >= 0.6 is 0 Å². The van der Waals surface area contributed by atoms with E-state index >= 15 is 0 Å². The Bertz CT molecular complexity index is 639. The van der Waals surface area contributed by atoms with Crippen LogP contribution in [0, 0.1) is 5.92 Å². The predicted octanol–water partition coefficient (Wildman–Crippen LogP) is 2.61. The maximum absolute atomic E-state index is 12.6. The smallest absolute Gasteiger partial charge is 0.325 e. The number of imide groups is 1. The van der Waals surface area contributed by atoms with Crippen LogP contribution in [0.4, 0.5) is 4.79 Å². The molecule has 1 aromatic rings. The molecule has 6 heteroatoms. The minimum Gasteiger partial charge on any atom is -0.347 e. The summed E-state index contributed by atoms with van der Waals surface area (Å²) in [6, 6.07) is 9.01. The lowest BCUT2D eigenvalue weighted by Crippen LogP contribution is -2.47. The van der Waals surface area contributed by atoms with E-state index in [1.807, 2.05) is 58.0 Å². The minimum atomic E-state index is -0.881. The van der Waals surface area contributed by atoms with E-state index in [1.165, 1.54) is 0 Å². The van der Waals surface area contributed by atoms with Gasteiger partial charge in [-0.05, 0) is 24.3 Å². The third kappa shape index (κ3) is 3.83. The van der Waals surface area contributed by atoms with E-state index in [-0.39, 0.29) is 30.3 Å². The summed E-state index contributed by atoms with van der Waals surface area (Å²) in [5.74, 6) is -0.479. The highest BCUT2D eigenvalue weighted by molar-refractivity contribution is 6.09. The molecule has 1 atom stereocenters. The van der Waals surface area contributed by atoms with Crippen molar-refractivity contribution in [2.45, 2.75) is 52.1 Å². The summed E-state index contributed by atoms with van der Waals surface area (Å²) in [6.07, 6.45) is 1.01. The summed E-state index contributed by atoms with van der Waals surface area (Å²) in [7, 11) is 0. The van der Waals surface area contributed by atoms with Crippen LogP contribution in [0.1, 0.15) is 52.1 Å². The van der Waals surface area contributed by atoms with Gasteiger partial charge in [0.25, 0.3) is 5.91 Å². The average molecular weight is 345 g/mol. The molecule has 2 N–H and O–H groups in total. The first-order chi connectivity index (χ1) is 11.8. The second-order valence-electron chi connectivity index (χ2n) is 6.81.